The molecule has 2 aromatic carbocycles. The average molecular weight is 409 g/mol. The minimum atomic E-state index is -1.30. The maximum Gasteiger partial charge on any atom is 0.325 e. The topological polar surface area (TPSA) is 97.0 Å². The van der Waals surface area contributed by atoms with Crippen molar-refractivity contribution < 1.29 is 23.9 Å². The van der Waals surface area contributed by atoms with Crippen LogP contribution < -0.4 is 20.1 Å². The Kier molecular flexibility index (Phi) is 4.64. The third-order valence-corrected chi connectivity index (χ3v) is 5.47. The van der Waals surface area contributed by atoms with E-state index in [1.807, 2.05) is 32.9 Å². The van der Waals surface area contributed by atoms with E-state index in [1.54, 1.807) is 25.1 Å². The molecule has 0 saturated carbocycles. The van der Waals surface area contributed by atoms with E-state index in [9.17, 15) is 14.4 Å². The first-order valence-electron chi connectivity index (χ1n) is 9.61. The van der Waals surface area contributed by atoms with Crippen LogP contribution in [0.4, 0.5) is 10.5 Å². The quantitative estimate of drug-likeness (QED) is 0.757. The number of fused-ring (bicyclic) bond motifs is 1. The summed E-state index contributed by atoms with van der Waals surface area (Å²) in [6.07, 6.45) is 0. The first-order chi connectivity index (χ1) is 14.2. The fraction of sp³-hybridized carbons (Fsp3) is 0.318. The number of ether oxygens (including phenoxy) is 2. The molecule has 0 spiro atoms. The molecule has 4 amide bonds. The normalized spacial score (nSPS) is 19.8. The van der Waals surface area contributed by atoms with E-state index in [4.69, 9.17) is 9.47 Å². The van der Waals surface area contributed by atoms with E-state index in [1.165, 1.54) is 0 Å². The molecule has 2 N–H and O–H groups in total. The highest BCUT2D eigenvalue weighted by Crippen LogP contribution is 2.37. The second kappa shape index (κ2) is 7.05. The molecule has 30 heavy (non-hydrogen) atoms. The summed E-state index contributed by atoms with van der Waals surface area (Å²) in [4.78, 5) is 39.2. The van der Waals surface area contributed by atoms with E-state index >= 15 is 0 Å². The van der Waals surface area contributed by atoms with Crippen LogP contribution in [0.2, 0.25) is 0 Å². The number of urea groups is 1. The van der Waals surface area contributed by atoms with Gasteiger partial charge >= 0.3 is 6.03 Å². The molecule has 0 aromatic heterocycles. The summed E-state index contributed by atoms with van der Waals surface area (Å²) in [6.45, 7) is 7.13. The van der Waals surface area contributed by atoms with Crippen molar-refractivity contribution in [2.75, 3.05) is 18.7 Å². The summed E-state index contributed by atoms with van der Waals surface area (Å²) in [7, 11) is 0. The highest BCUT2D eigenvalue weighted by Gasteiger charge is 2.49. The van der Waals surface area contributed by atoms with E-state index in [-0.39, 0.29) is 13.3 Å². The lowest BCUT2D eigenvalue weighted by molar-refractivity contribution is -0.133. The number of amides is 4. The van der Waals surface area contributed by atoms with Crippen LogP contribution >= 0.6 is 0 Å². The van der Waals surface area contributed by atoms with Crippen molar-refractivity contribution in [1.29, 1.82) is 0 Å². The van der Waals surface area contributed by atoms with Gasteiger partial charge in [0.2, 0.25) is 12.7 Å². The van der Waals surface area contributed by atoms with Gasteiger partial charge in [0.25, 0.3) is 5.91 Å². The highest BCUT2D eigenvalue weighted by molar-refractivity contribution is 6.10. The number of nitrogens with zero attached hydrogens (tertiary/aromatic N) is 1. The Balaban J connectivity index is 1.52. The number of carbonyl (C=O) groups excluding carboxylic acids is 3. The zero-order valence-corrected chi connectivity index (χ0v) is 17.3. The van der Waals surface area contributed by atoms with Crippen LogP contribution in [-0.2, 0) is 15.1 Å². The summed E-state index contributed by atoms with van der Waals surface area (Å²) >= 11 is 0. The van der Waals surface area contributed by atoms with Crippen LogP contribution in [0.1, 0.15) is 29.2 Å². The SMILES string of the molecule is Cc1cc(C)c(NC(=O)CN2C(=O)N[C@@](C)(c3ccc4c(c3)OCO4)C2=O)c(C)c1. The fourth-order valence-corrected chi connectivity index (χ4v) is 3.94. The van der Waals surface area contributed by atoms with Crippen molar-refractivity contribution in [2.45, 2.75) is 33.2 Å². The number of anilines is 1. The first-order valence-corrected chi connectivity index (χ1v) is 9.61. The van der Waals surface area contributed by atoms with Gasteiger partial charge in [-0.1, -0.05) is 23.8 Å². The van der Waals surface area contributed by atoms with Crippen LogP contribution in [0.5, 0.6) is 11.5 Å². The molecule has 4 rings (SSSR count). The van der Waals surface area contributed by atoms with Gasteiger partial charge in [-0.15, -0.1) is 0 Å². The Labute approximate surface area is 174 Å². The van der Waals surface area contributed by atoms with Gasteiger partial charge in [0.1, 0.15) is 12.1 Å². The molecule has 156 valence electrons. The Bertz CT molecular complexity index is 1060. The van der Waals surface area contributed by atoms with Crippen LogP contribution in [-0.4, -0.2) is 36.1 Å². The van der Waals surface area contributed by atoms with Crippen LogP contribution in [0.25, 0.3) is 0 Å². The minimum absolute atomic E-state index is 0.111. The summed E-state index contributed by atoms with van der Waals surface area (Å²) in [5, 5.41) is 5.52. The average Bonchev–Trinajstić information content (AvgIpc) is 3.23. The van der Waals surface area contributed by atoms with E-state index in [2.05, 4.69) is 10.6 Å². The number of rotatable bonds is 4. The van der Waals surface area contributed by atoms with Gasteiger partial charge in [-0.3, -0.25) is 14.5 Å². The zero-order valence-electron chi connectivity index (χ0n) is 17.3. The smallest absolute Gasteiger partial charge is 0.325 e. The molecule has 0 aliphatic carbocycles. The molecule has 1 fully saturated rings. The van der Waals surface area contributed by atoms with Crippen molar-refractivity contribution in [3.8, 4) is 11.5 Å². The molecule has 2 aliphatic rings. The number of hydrogen-bond donors (Lipinski definition) is 2. The number of nitrogens with one attached hydrogen (secondary N) is 2. The lowest BCUT2D eigenvalue weighted by Gasteiger charge is -2.22. The second-order valence-electron chi connectivity index (χ2n) is 7.84. The van der Waals surface area contributed by atoms with Crippen LogP contribution in [0, 0.1) is 20.8 Å². The maximum atomic E-state index is 13.1. The summed E-state index contributed by atoms with van der Waals surface area (Å²) in [5.41, 5.74) is 2.88. The van der Waals surface area contributed by atoms with Crippen LogP contribution in [0.3, 0.4) is 0 Å². The Hall–Kier alpha value is -3.55. The van der Waals surface area contributed by atoms with Crippen molar-refractivity contribution in [3.63, 3.8) is 0 Å². The Morgan fingerprint density at radius 3 is 2.47 bits per heavy atom. The van der Waals surface area contributed by atoms with Crippen molar-refractivity contribution in [3.05, 3.63) is 52.6 Å². The third-order valence-electron chi connectivity index (χ3n) is 5.47. The highest BCUT2D eigenvalue weighted by atomic mass is 16.7. The first kappa shape index (κ1) is 19.8. The fourth-order valence-electron chi connectivity index (χ4n) is 3.94. The lowest BCUT2D eigenvalue weighted by Crippen LogP contribution is -2.42. The van der Waals surface area contributed by atoms with Gasteiger partial charge in [-0.2, -0.15) is 0 Å². The third kappa shape index (κ3) is 3.24. The summed E-state index contributed by atoms with van der Waals surface area (Å²) < 4.78 is 10.7. The molecular formula is C22H23N3O5. The molecule has 2 aliphatic heterocycles. The molecule has 8 heteroatoms. The Morgan fingerprint density at radius 1 is 1.10 bits per heavy atom. The predicted molar refractivity (Wildman–Crippen MR) is 109 cm³/mol. The lowest BCUT2D eigenvalue weighted by atomic mass is 9.91. The van der Waals surface area contributed by atoms with Gasteiger partial charge < -0.3 is 20.1 Å². The predicted octanol–water partition coefficient (Wildman–Crippen LogP) is 2.75. The second-order valence-corrected chi connectivity index (χ2v) is 7.84. The van der Waals surface area contributed by atoms with E-state index in [0.717, 1.165) is 21.6 Å². The molecule has 0 radical (unpaired) electrons. The zero-order chi connectivity index (χ0) is 21.6. The van der Waals surface area contributed by atoms with Gasteiger partial charge in [0.05, 0.1) is 0 Å². The standard InChI is InChI=1S/C22H23N3O5/c1-12-7-13(2)19(14(3)8-12)23-18(26)10-25-20(27)22(4,24-21(25)28)15-5-6-16-17(9-15)30-11-29-16/h5-9H,10-11H2,1-4H3,(H,23,26)(H,24,28)/t22-/m0/s1. The van der Waals surface area contributed by atoms with Gasteiger partial charge in [-0.05, 0) is 56.5 Å². The van der Waals surface area contributed by atoms with E-state index < -0.39 is 23.4 Å². The minimum Gasteiger partial charge on any atom is -0.454 e. The molecular weight excluding hydrogens is 386 g/mol. The monoisotopic (exact) mass is 409 g/mol. The number of imide groups is 1. The molecule has 1 saturated heterocycles. The van der Waals surface area contributed by atoms with E-state index in [0.29, 0.717) is 22.7 Å². The summed E-state index contributed by atoms with van der Waals surface area (Å²) in [5.74, 6) is 0.152. The molecule has 1 atom stereocenters. The number of benzene rings is 2. The molecule has 8 nitrogen and oxygen atoms in total. The van der Waals surface area contributed by atoms with Crippen molar-refractivity contribution in [1.82, 2.24) is 10.2 Å². The largest absolute Gasteiger partial charge is 0.454 e. The van der Waals surface area contributed by atoms with Crippen molar-refractivity contribution in [2.24, 2.45) is 0 Å². The van der Waals surface area contributed by atoms with Gasteiger partial charge in [-0.25, -0.2) is 4.79 Å². The molecule has 0 bridgehead atoms. The van der Waals surface area contributed by atoms with Gasteiger partial charge in [0.15, 0.2) is 11.5 Å². The number of carbonyl (C=O) groups is 3. The van der Waals surface area contributed by atoms with Gasteiger partial charge in [0, 0.05) is 5.69 Å². The van der Waals surface area contributed by atoms with Crippen molar-refractivity contribution >= 4 is 23.5 Å². The number of hydrogen-bond acceptors (Lipinski definition) is 5. The molecule has 2 heterocycles. The Morgan fingerprint density at radius 2 is 1.77 bits per heavy atom. The molecule has 0 unspecified atom stereocenters. The number of aryl methyl sites for hydroxylation is 3. The molecule has 2 aromatic rings. The maximum absolute atomic E-state index is 13.1. The van der Waals surface area contributed by atoms with Crippen LogP contribution in [0.15, 0.2) is 30.3 Å². The summed E-state index contributed by atoms with van der Waals surface area (Å²) in [6, 6.07) is 8.38.